The van der Waals surface area contributed by atoms with E-state index in [1.165, 1.54) is 0 Å². The molecule has 1 saturated carbocycles. The van der Waals surface area contributed by atoms with Gasteiger partial charge in [0.1, 0.15) is 0 Å². The van der Waals surface area contributed by atoms with E-state index in [0.29, 0.717) is 11.4 Å². The van der Waals surface area contributed by atoms with Gasteiger partial charge in [0.25, 0.3) is 0 Å². The topological polar surface area (TPSA) is 74.0 Å². The Morgan fingerprint density at radius 3 is 2.65 bits per heavy atom. The summed E-state index contributed by atoms with van der Waals surface area (Å²) in [4.78, 5) is 3.35. The fourth-order valence-corrected chi connectivity index (χ4v) is 3.92. The molecule has 1 aromatic heterocycles. The third kappa shape index (κ3) is 4.07. The molecule has 0 aromatic carbocycles. The van der Waals surface area contributed by atoms with Gasteiger partial charge in [-0.05, 0) is 44.2 Å². The molecule has 1 aliphatic rings. The van der Waals surface area contributed by atoms with Crippen LogP contribution in [0.3, 0.4) is 0 Å². The van der Waals surface area contributed by atoms with E-state index >= 15 is 0 Å². The third-order valence-corrected chi connectivity index (χ3v) is 5.43. The van der Waals surface area contributed by atoms with Crippen LogP contribution < -0.4 is 10.0 Å². The molecule has 0 bridgehead atoms. The minimum absolute atomic E-state index is 0.0864. The Kier molecular flexibility index (Phi) is 5.23. The van der Waals surface area contributed by atoms with Crippen molar-refractivity contribution in [2.45, 2.75) is 57.0 Å². The number of aromatic amines is 1. The van der Waals surface area contributed by atoms with Crippen molar-refractivity contribution < 1.29 is 8.42 Å². The number of nitrogens with one attached hydrogen (secondary N) is 3. The molecule has 6 heteroatoms. The van der Waals surface area contributed by atoms with Crippen molar-refractivity contribution in [3.8, 4) is 0 Å². The molecule has 0 aliphatic heterocycles. The summed E-state index contributed by atoms with van der Waals surface area (Å²) in [5, 5.41) is 3.17. The highest BCUT2D eigenvalue weighted by atomic mass is 32.2. The quantitative estimate of drug-likeness (QED) is 0.752. The second kappa shape index (κ2) is 6.74. The van der Waals surface area contributed by atoms with Crippen LogP contribution in [0, 0.1) is 5.92 Å². The first-order valence-electron chi connectivity index (χ1n) is 7.41. The molecule has 0 unspecified atom stereocenters. The maximum Gasteiger partial charge on any atom is 0.242 e. The summed E-state index contributed by atoms with van der Waals surface area (Å²) in [5.41, 5.74) is 0.893. The number of rotatable bonds is 6. The zero-order valence-corrected chi connectivity index (χ0v) is 13.1. The van der Waals surface area contributed by atoms with E-state index in [1.54, 1.807) is 12.3 Å². The molecule has 114 valence electrons. The molecule has 0 amide bonds. The van der Waals surface area contributed by atoms with Crippen molar-refractivity contribution >= 4 is 10.0 Å². The van der Waals surface area contributed by atoms with Crippen LogP contribution in [0.15, 0.2) is 17.2 Å². The van der Waals surface area contributed by atoms with Gasteiger partial charge in [-0.25, -0.2) is 13.1 Å². The first-order chi connectivity index (χ1) is 9.51. The lowest BCUT2D eigenvalue weighted by Gasteiger charge is -2.26. The third-order valence-electron chi connectivity index (χ3n) is 3.93. The van der Waals surface area contributed by atoms with E-state index < -0.39 is 10.0 Å². The fraction of sp³-hybridized carbons (Fsp3) is 0.714. The van der Waals surface area contributed by atoms with Crippen molar-refractivity contribution in [3.05, 3.63) is 18.0 Å². The van der Waals surface area contributed by atoms with Crippen LogP contribution >= 0.6 is 0 Å². The number of aromatic nitrogens is 1. The molecule has 1 aromatic rings. The molecular formula is C14H25N3O2S. The van der Waals surface area contributed by atoms with Crippen molar-refractivity contribution in [2.24, 2.45) is 5.92 Å². The molecule has 0 radical (unpaired) electrons. The molecule has 1 heterocycles. The number of hydrogen-bond acceptors (Lipinski definition) is 3. The highest BCUT2D eigenvalue weighted by molar-refractivity contribution is 7.89. The van der Waals surface area contributed by atoms with Crippen molar-refractivity contribution in [3.63, 3.8) is 0 Å². The predicted octanol–water partition coefficient (Wildman–Crippen LogP) is 1.98. The van der Waals surface area contributed by atoms with E-state index in [2.05, 4.69) is 21.9 Å². The summed E-state index contributed by atoms with van der Waals surface area (Å²) >= 11 is 0. The molecule has 1 fully saturated rings. The summed E-state index contributed by atoms with van der Waals surface area (Å²) in [5.74, 6) is 0.717. The lowest BCUT2D eigenvalue weighted by Crippen LogP contribution is -2.37. The summed E-state index contributed by atoms with van der Waals surface area (Å²) in [6.07, 6.45) is 5.66. The maximum atomic E-state index is 12.3. The summed E-state index contributed by atoms with van der Waals surface area (Å²) in [6, 6.07) is 1.79. The minimum Gasteiger partial charge on any atom is -0.363 e. The largest absolute Gasteiger partial charge is 0.363 e. The second-order valence-electron chi connectivity index (χ2n) is 5.72. The summed E-state index contributed by atoms with van der Waals surface area (Å²) in [7, 11) is -3.39. The zero-order chi connectivity index (χ0) is 14.6. The zero-order valence-electron chi connectivity index (χ0n) is 12.3. The van der Waals surface area contributed by atoms with Crippen LogP contribution in [-0.2, 0) is 16.6 Å². The standard InChI is InChI=1S/C14H25N3O2S/c1-3-15-9-13-8-14(10-16-13)20(18,19)17-12-6-4-11(2)5-7-12/h8,10-12,15-17H,3-7,9H2,1-2H3. The van der Waals surface area contributed by atoms with Gasteiger partial charge in [-0.15, -0.1) is 0 Å². The normalized spacial score (nSPS) is 23.9. The fourth-order valence-electron chi connectivity index (χ4n) is 2.60. The van der Waals surface area contributed by atoms with Gasteiger partial charge in [-0.1, -0.05) is 13.8 Å². The van der Waals surface area contributed by atoms with Gasteiger partial charge in [0.15, 0.2) is 0 Å². The monoisotopic (exact) mass is 299 g/mol. The van der Waals surface area contributed by atoms with Gasteiger partial charge in [0.05, 0.1) is 4.90 Å². The number of H-pyrrole nitrogens is 1. The van der Waals surface area contributed by atoms with E-state index in [1.807, 2.05) is 6.92 Å². The average molecular weight is 299 g/mol. The minimum atomic E-state index is -3.39. The summed E-state index contributed by atoms with van der Waals surface area (Å²) in [6.45, 7) is 5.77. The lowest BCUT2D eigenvalue weighted by molar-refractivity contribution is 0.332. The Balaban J connectivity index is 1.97. The number of sulfonamides is 1. The first-order valence-corrected chi connectivity index (χ1v) is 8.90. The molecule has 1 aliphatic carbocycles. The Labute approximate surface area is 121 Å². The van der Waals surface area contributed by atoms with E-state index in [4.69, 9.17) is 0 Å². The highest BCUT2D eigenvalue weighted by Gasteiger charge is 2.24. The SMILES string of the molecule is CCNCc1cc(S(=O)(=O)NC2CCC(C)CC2)c[nH]1. The predicted molar refractivity (Wildman–Crippen MR) is 79.9 cm³/mol. The average Bonchev–Trinajstić information content (AvgIpc) is 2.88. The van der Waals surface area contributed by atoms with Gasteiger partial charge < -0.3 is 10.3 Å². The maximum absolute atomic E-state index is 12.3. The molecule has 3 N–H and O–H groups in total. The molecule has 0 spiro atoms. The van der Waals surface area contributed by atoms with Crippen molar-refractivity contribution in [1.82, 2.24) is 15.0 Å². The Hall–Kier alpha value is -0.850. The van der Waals surface area contributed by atoms with Gasteiger partial charge in [0.2, 0.25) is 10.0 Å². The van der Waals surface area contributed by atoms with Gasteiger partial charge in [-0.3, -0.25) is 0 Å². The Bertz CT molecular complexity index is 516. The van der Waals surface area contributed by atoms with Crippen LogP contribution in [0.2, 0.25) is 0 Å². The molecule has 0 saturated heterocycles. The number of hydrogen-bond donors (Lipinski definition) is 3. The van der Waals surface area contributed by atoms with Gasteiger partial charge in [-0.2, -0.15) is 0 Å². The molecule has 20 heavy (non-hydrogen) atoms. The van der Waals surface area contributed by atoms with Crippen molar-refractivity contribution in [1.29, 1.82) is 0 Å². The molecular weight excluding hydrogens is 274 g/mol. The lowest BCUT2D eigenvalue weighted by atomic mass is 9.88. The van der Waals surface area contributed by atoms with Crippen LogP contribution in [0.5, 0.6) is 0 Å². The molecule has 2 rings (SSSR count). The molecule has 5 nitrogen and oxygen atoms in total. The van der Waals surface area contributed by atoms with Gasteiger partial charge in [0, 0.05) is 24.5 Å². The van der Waals surface area contributed by atoms with E-state index in [-0.39, 0.29) is 6.04 Å². The Morgan fingerprint density at radius 2 is 2.00 bits per heavy atom. The Morgan fingerprint density at radius 1 is 1.30 bits per heavy atom. The van der Waals surface area contributed by atoms with Crippen LogP contribution in [-0.4, -0.2) is 26.0 Å². The van der Waals surface area contributed by atoms with E-state index in [0.717, 1.165) is 43.8 Å². The molecule has 0 atom stereocenters. The van der Waals surface area contributed by atoms with Crippen LogP contribution in [0.4, 0.5) is 0 Å². The van der Waals surface area contributed by atoms with E-state index in [9.17, 15) is 8.42 Å². The summed E-state index contributed by atoms with van der Waals surface area (Å²) < 4.78 is 27.5. The van der Waals surface area contributed by atoms with Gasteiger partial charge >= 0.3 is 0 Å². The van der Waals surface area contributed by atoms with Crippen molar-refractivity contribution in [2.75, 3.05) is 6.54 Å². The second-order valence-corrected chi connectivity index (χ2v) is 7.43. The van der Waals surface area contributed by atoms with Crippen LogP contribution in [0.1, 0.15) is 45.2 Å². The first kappa shape index (κ1) is 15.5. The smallest absolute Gasteiger partial charge is 0.242 e. The highest BCUT2D eigenvalue weighted by Crippen LogP contribution is 2.24. The van der Waals surface area contributed by atoms with Crippen LogP contribution in [0.25, 0.3) is 0 Å².